The summed E-state index contributed by atoms with van der Waals surface area (Å²) in [5.74, 6) is 1.58. The molecule has 2 aromatic rings. The minimum absolute atomic E-state index is 0.317. The van der Waals surface area contributed by atoms with Gasteiger partial charge in [-0.2, -0.15) is 0 Å². The third-order valence-corrected chi connectivity index (χ3v) is 4.06. The monoisotopic (exact) mass is 256 g/mol. The van der Waals surface area contributed by atoms with Crippen LogP contribution in [0.1, 0.15) is 18.4 Å². The summed E-state index contributed by atoms with van der Waals surface area (Å²) in [4.78, 5) is 7.17. The maximum Gasteiger partial charge on any atom is 0.132 e. The van der Waals surface area contributed by atoms with Crippen molar-refractivity contribution < 1.29 is 5.11 Å². The number of fused-ring (bicyclic) bond motifs is 1. The van der Waals surface area contributed by atoms with Gasteiger partial charge in [-0.1, -0.05) is 18.2 Å². The summed E-state index contributed by atoms with van der Waals surface area (Å²) in [7, 11) is 0. The van der Waals surface area contributed by atoms with Gasteiger partial charge in [0.15, 0.2) is 0 Å². The van der Waals surface area contributed by atoms with E-state index in [2.05, 4.69) is 36.1 Å². The predicted octanol–water partition coefficient (Wildman–Crippen LogP) is 2.75. The summed E-state index contributed by atoms with van der Waals surface area (Å²) in [5, 5.41) is 10.4. The molecule has 3 nitrogen and oxygen atoms in total. The number of hydrogen-bond acceptors (Lipinski definition) is 3. The second kappa shape index (κ2) is 5.17. The van der Waals surface area contributed by atoms with Crippen LogP contribution in [0.15, 0.2) is 30.3 Å². The van der Waals surface area contributed by atoms with Crippen LogP contribution in [0.3, 0.4) is 0 Å². The van der Waals surface area contributed by atoms with Crippen molar-refractivity contribution in [2.45, 2.75) is 19.8 Å². The third-order valence-electron chi connectivity index (χ3n) is 4.06. The van der Waals surface area contributed by atoms with E-state index in [4.69, 9.17) is 4.98 Å². The number of pyridine rings is 1. The second-order valence-corrected chi connectivity index (χ2v) is 5.43. The Morgan fingerprint density at radius 1 is 1.26 bits per heavy atom. The van der Waals surface area contributed by atoms with Crippen LogP contribution in [0.4, 0.5) is 5.82 Å². The summed E-state index contributed by atoms with van der Waals surface area (Å²) >= 11 is 0. The molecule has 0 atom stereocenters. The Kier molecular flexibility index (Phi) is 3.38. The highest BCUT2D eigenvalue weighted by Crippen LogP contribution is 2.26. The van der Waals surface area contributed by atoms with Crippen LogP contribution < -0.4 is 4.90 Å². The zero-order valence-electron chi connectivity index (χ0n) is 11.3. The number of piperidine rings is 1. The van der Waals surface area contributed by atoms with Crippen molar-refractivity contribution in [3.05, 3.63) is 35.9 Å². The largest absolute Gasteiger partial charge is 0.396 e. The lowest BCUT2D eigenvalue weighted by molar-refractivity contribution is 0.203. The first-order valence-electron chi connectivity index (χ1n) is 7.00. The molecule has 3 heteroatoms. The van der Waals surface area contributed by atoms with Crippen molar-refractivity contribution in [2.24, 2.45) is 5.92 Å². The van der Waals surface area contributed by atoms with Crippen molar-refractivity contribution in [1.82, 2.24) is 4.98 Å². The van der Waals surface area contributed by atoms with Gasteiger partial charge in [-0.15, -0.1) is 0 Å². The summed E-state index contributed by atoms with van der Waals surface area (Å²) < 4.78 is 0. The molecule has 1 fully saturated rings. The molecule has 100 valence electrons. The van der Waals surface area contributed by atoms with Gasteiger partial charge in [-0.05, 0) is 43.4 Å². The van der Waals surface area contributed by atoms with Gasteiger partial charge in [0.25, 0.3) is 0 Å². The normalized spacial score (nSPS) is 17.1. The molecule has 1 aromatic heterocycles. The molecule has 1 aliphatic rings. The molecule has 1 N–H and O–H groups in total. The second-order valence-electron chi connectivity index (χ2n) is 5.43. The molecule has 0 spiro atoms. The average Bonchev–Trinajstić information content (AvgIpc) is 2.47. The highest BCUT2D eigenvalue weighted by Gasteiger charge is 2.20. The van der Waals surface area contributed by atoms with Gasteiger partial charge < -0.3 is 10.0 Å². The molecule has 0 aliphatic carbocycles. The first kappa shape index (κ1) is 12.4. The summed E-state index contributed by atoms with van der Waals surface area (Å²) in [6.45, 7) is 4.44. The maximum atomic E-state index is 9.21. The summed E-state index contributed by atoms with van der Waals surface area (Å²) in [5.41, 5.74) is 2.30. The Labute approximate surface area is 113 Å². The third kappa shape index (κ3) is 2.43. The Morgan fingerprint density at radius 3 is 2.74 bits per heavy atom. The minimum Gasteiger partial charge on any atom is -0.396 e. The van der Waals surface area contributed by atoms with Gasteiger partial charge in [-0.3, -0.25) is 0 Å². The number of aliphatic hydroxyl groups is 1. The number of anilines is 1. The lowest BCUT2D eigenvalue weighted by Gasteiger charge is -2.33. The quantitative estimate of drug-likeness (QED) is 0.897. The van der Waals surface area contributed by atoms with Crippen molar-refractivity contribution in [3.63, 3.8) is 0 Å². The van der Waals surface area contributed by atoms with Crippen LogP contribution in [-0.4, -0.2) is 29.8 Å². The lowest BCUT2D eigenvalue weighted by Crippen LogP contribution is -2.35. The van der Waals surface area contributed by atoms with Crippen LogP contribution in [0.5, 0.6) is 0 Å². The molecule has 0 unspecified atom stereocenters. The van der Waals surface area contributed by atoms with E-state index in [0.717, 1.165) is 37.3 Å². The molecule has 0 bridgehead atoms. The number of nitrogens with zero attached hydrogens (tertiary/aromatic N) is 2. The van der Waals surface area contributed by atoms with E-state index in [1.807, 2.05) is 6.07 Å². The van der Waals surface area contributed by atoms with Crippen LogP contribution >= 0.6 is 0 Å². The van der Waals surface area contributed by atoms with E-state index < -0.39 is 0 Å². The van der Waals surface area contributed by atoms with Crippen LogP contribution in [0, 0.1) is 12.8 Å². The standard InChI is InChI=1S/C16H20N2O/c1-12-10-14-4-2-3-5-15(14)17-16(12)18-8-6-13(11-19)7-9-18/h2-5,10,13,19H,6-9,11H2,1H3. The molecule has 0 saturated carbocycles. The number of para-hydroxylation sites is 1. The first-order valence-corrected chi connectivity index (χ1v) is 7.00. The van der Waals surface area contributed by atoms with E-state index in [9.17, 15) is 5.11 Å². The van der Waals surface area contributed by atoms with Crippen molar-refractivity contribution in [2.75, 3.05) is 24.6 Å². The zero-order chi connectivity index (χ0) is 13.2. The summed E-state index contributed by atoms with van der Waals surface area (Å²) in [6.07, 6.45) is 2.12. The molecule has 19 heavy (non-hydrogen) atoms. The smallest absolute Gasteiger partial charge is 0.132 e. The van der Waals surface area contributed by atoms with E-state index >= 15 is 0 Å². The Morgan fingerprint density at radius 2 is 2.00 bits per heavy atom. The number of aliphatic hydroxyl groups excluding tert-OH is 1. The Bertz CT molecular complexity index is 574. The number of aryl methyl sites for hydroxylation is 1. The topological polar surface area (TPSA) is 36.4 Å². The average molecular weight is 256 g/mol. The van der Waals surface area contributed by atoms with Gasteiger partial charge in [0.1, 0.15) is 5.82 Å². The Balaban J connectivity index is 1.90. The van der Waals surface area contributed by atoms with Gasteiger partial charge in [-0.25, -0.2) is 4.98 Å². The molecular formula is C16H20N2O. The van der Waals surface area contributed by atoms with Crippen molar-refractivity contribution in [3.8, 4) is 0 Å². The highest BCUT2D eigenvalue weighted by molar-refractivity contribution is 5.81. The zero-order valence-corrected chi connectivity index (χ0v) is 11.3. The van der Waals surface area contributed by atoms with Gasteiger partial charge in [0.05, 0.1) is 5.52 Å². The van der Waals surface area contributed by atoms with Gasteiger partial charge in [0, 0.05) is 25.1 Å². The van der Waals surface area contributed by atoms with Crippen molar-refractivity contribution >= 4 is 16.7 Å². The summed E-state index contributed by atoms with van der Waals surface area (Å²) in [6, 6.07) is 10.5. The molecule has 2 heterocycles. The van der Waals surface area contributed by atoms with Crippen molar-refractivity contribution in [1.29, 1.82) is 0 Å². The molecule has 3 rings (SSSR count). The molecule has 0 radical (unpaired) electrons. The van der Waals surface area contributed by atoms with Crippen LogP contribution in [0.2, 0.25) is 0 Å². The van der Waals surface area contributed by atoms with E-state index in [-0.39, 0.29) is 0 Å². The van der Waals surface area contributed by atoms with Gasteiger partial charge >= 0.3 is 0 Å². The highest BCUT2D eigenvalue weighted by atomic mass is 16.3. The Hall–Kier alpha value is -1.61. The molecule has 1 aliphatic heterocycles. The number of benzene rings is 1. The number of hydrogen-bond donors (Lipinski definition) is 1. The fraction of sp³-hybridized carbons (Fsp3) is 0.438. The van der Waals surface area contributed by atoms with E-state index in [0.29, 0.717) is 12.5 Å². The minimum atomic E-state index is 0.317. The number of rotatable bonds is 2. The molecular weight excluding hydrogens is 236 g/mol. The fourth-order valence-corrected chi connectivity index (χ4v) is 2.86. The van der Waals surface area contributed by atoms with E-state index in [1.165, 1.54) is 10.9 Å². The van der Waals surface area contributed by atoms with Gasteiger partial charge in [0.2, 0.25) is 0 Å². The molecule has 1 saturated heterocycles. The predicted molar refractivity (Wildman–Crippen MR) is 78.5 cm³/mol. The van der Waals surface area contributed by atoms with Crippen LogP contribution in [-0.2, 0) is 0 Å². The van der Waals surface area contributed by atoms with Crippen LogP contribution in [0.25, 0.3) is 10.9 Å². The SMILES string of the molecule is Cc1cc2ccccc2nc1N1CCC(CO)CC1. The fourth-order valence-electron chi connectivity index (χ4n) is 2.86. The lowest BCUT2D eigenvalue weighted by atomic mass is 9.97. The number of aromatic nitrogens is 1. The van der Waals surface area contributed by atoms with E-state index in [1.54, 1.807) is 0 Å². The maximum absolute atomic E-state index is 9.21. The first-order chi connectivity index (χ1) is 9.28. The molecule has 0 amide bonds. The molecule has 1 aromatic carbocycles.